The molecule has 0 bridgehead atoms. The van der Waals surface area contributed by atoms with Gasteiger partial charge in [0.25, 0.3) is 5.56 Å². The predicted octanol–water partition coefficient (Wildman–Crippen LogP) is 1.66. The van der Waals surface area contributed by atoms with Gasteiger partial charge in [0.05, 0.1) is 6.61 Å². The third-order valence-corrected chi connectivity index (χ3v) is 2.98. The largest absolute Gasteiger partial charge is 0.493 e. The minimum absolute atomic E-state index is 0.186. The molecule has 1 heterocycles. The van der Waals surface area contributed by atoms with E-state index in [2.05, 4.69) is 9.97 Å². The highest BCUT2D eigenvalue weighted by atomic mass is 32.2. The number of H-pyrrole nitrogens is 1. The molecule has 0 radical (unpaired) electrons. The molecule has 0 atom stereocenters. The Morgan fingerprint density at radius 3 is 2.79 bits per heavy atom. The number of nitrogen functional groups attached to an aromatic ring is 1. The minimum atomic E-state index is -0.303. The van der Waals surface area contributed by atoms with E-state index in [0.717, 1.165) is 0 Å². The van der Waals surface area contributed by atoms with Gasteiger partial charge in [0.15, 0.2) is 5.16 Å². The van der Waals surface area contributed by atoms with Crippen LogP contribution in [0.25, 0.3) is 0 Å². The van der Waals surface area contributed by atoms with Crippen molar-refractivity contribution in [1.29, 1.82) is 0 Å². The molecular formula is C12H12FN3O2S. The Balaban J connectivity index is 1.80. The molecule has 3 N–H and O–H groups in total. The Bertz CT molecular complexity index is 601. The zero-order valence-electron chi connectivity index (χ0n) is 9.93. The molecule has 2 aromatic rings. The lowest BCUT2D eigenvalue weighted by Gasteiger charge is -2.05. The van der Waals surface area contributed by atoms with Crippen LogP contribution in [0.3, 0.4) is 0 Å². The summed E-state index contributed by atoms with van der Waals surface area (Å²) in [5.74, 6) is 1.06. The zero-order chi connectivity index (χ0) is 13.7. The van der Waals surface area contributed by atoms with Crippen LogP contribution in [0.4, 0.5) is 10.2 Å². The van der Waals surface area contributed by atoms with Crippen molar-refractivity contribution in [2.24, 2.45) is 0 Å². The summed E-state index contributed by atoms with van der Waals surface area (Å²) in [4.78, 5) is 17.7. The first-order valence-electron chi connectivity index (χ1n) is 5.51. The van der Waals surface area contributed by atoms with Crippen LogP contribution in [0.1, 0.15) is 0 Å². The molecule has 1 aromatic carbocycles. The molecule has 0 fully saturated rings. The molecule has 0 aliphatic heterocycles. The number of nitrogens with zero attached hydrogens (tertiary/aromatic N) is 1. The van der Waals surface area contributed by atoms with E-state index in [1.165, 1.54) is 30.0 Å². The Morgan fingerprint density at radius 1 is 1.37 bits per heavy atom. The SMILES string of the molecule is Nc1cc(=O)[nH]c(SCCOc2ccc(F)cc2)n1. The van der Waals surface area contributed by atoms with E-state index >= 15 is 0 Å². The van der Waals surface area contributed by atoms with Gasteiger partial charge in [0.2, 0.25) is 0 Å². The highest BCUT2D eigenvalue weighted by Crippen LogP contribution is 2.14. The molecule has 0 amide bonds. The van der Waals surface area contributed by atoms with Crippen molar-refractivity contribution in [3.8, 4) is 5.75 Å². The van der Waals surface area contributed by atoms with E-state index in [-0.39, 0.29) is 17.2 Å². The third-order valence-electron chi connectivity index (χ3n) is 2.14. The lowest BCUT2D eigenvalue weighted by atomic mass is 10.3. The number of anilines is 1. The molecule has 7 heteroatoms. The summed E-state index contributed by atoms with van der Waals surface area (Å²) in [6, 6.07) is 7.00. The molecule has 0 aliphatic carbocycles. The number of nitrogens with two attached hydrogens (primary N) is 1. The van der Waals surface area contributed by atoms with Crippen LogP contribution in [-0.4, -0.2) is 22.3 Å². The summed E-state index contributed by atoms with van der Waals surface area (Å²) in [6.07, 6.45) is 0. The number of rotatable bonds is 5. The third kappa shape index (κ3) is 4.29. The first-order valence-corrected chi connectivity index (χ1v) is 6.50. The van der Waals surface area contributed by atoms with Crippen LogP contribution < -0.4 is 16.0 Å². The van der Waals surface area contributed by atoms with Gasteiger partial charge in [-0.25, -0.2) is 9.37 Å². The summed E-state index contributed by atoms with van der Waals surface area (Å²) in [5, 5.41) is 0.452. The fourth-order valence-corrected chi connectivity index (χ4v) is 2.05. The average molecular weight is 281 g/mol. The topological polar surface area (TPSA) is 81.0 Å². The first kappa shape index (κ1) is 13.4. The number of benzene rings is 1. The standard InChI is InChI=1S/C12H12FN3O2S/c13-8-1-3-9(4-2-8)18-5-6-19-12-15-10(14)7-11(17)16-12/h1-4,7H,5-6H2,(H3,14,15,16,17). The minimum Gasteiger partial charge on any atom is -0.493 e. The summed E-state index contributed by atoms with van der Waals surface area (Å²) >= 11 is 1.33. The van der Waals surface area contributed by atoms with Crippen LogP contribution in [0.15, 0.2) is 40.3 Å². The molecule has 0 saturated carbocycles. The Morgan fingerprint density at radius 2 is 2.11 bits per heavy atom. The van der Waals surface area contributed by atoms with E-state index < -0.39 is 0 Å². The number of nitrogens with one attached hydrogen (secondary N) is 1. The normalized spacial score (nSPS) is 10.4. The summed E-state index contributed by atoms with van der Waals surface area (Å²) in [5.41, 5.74) is 5.17. The number of hydrogen-bond donors (Lipinski definition) is 2. The van der Waals surface area contributed by atoms with Crippen LogP contribution in [0.5, 0.6) is 5.75 Å². The van der Waals surface area contributed by atoms with Gasteiger partial charge >= 0.3 is 0 Å². The quantitative estimate of drug-likeness (QED) is 0.495. The van der Waals surface area contributed by atoms with Crippen molar-refractivity contribution >= 4 is 17.6 Å². The maximum atomic E-state index is 12.7. The van der Waals surface area contributed by atoms with E-state index in [0.29, 0.717) is 23.3 Å². The smallest absolute Gasteiger partial charge is 0.253 e. The maximum absolute atomic E-state index is 12.7. The Kier molecular flexibility index (Phi) is 4.40. The monoisotopic (exact) mass is 281 g/mol. The van der Waals surface area contributed by atoms with Crippen LogP contribution in [0.2, 0.25) is 0 Å². The van der Waals surface area contributed by atoms with Gasteiger partial charge in [-0.3, -0.25) is 4.79 Å². The second-order valence-corrected chi connectivity index (χ2v) is 4.71. The van der Waals surface area contributed by atoms with E-state index in [1.54, 1.807) is 12.1 Å². The first-order chi connectivity index (χ1) is 9.13. The summed E-state index contributed by atoms with van der Waals surface area (Å²) in [6.45, 7) is 0.412. The number of aromatic nitrogens is 2. The number of thioether (sulfide) groups is 1. The van der Waals surface area contributed by atoms with E-state index in [4.69, 9.17) is 10.5 Å². The van der Waals surface area contributed by atoms with Crippen molar-refractivity contribution in [2.45, 2.75) is 5.16 Å². The molecule has 0 unspecified atom stereocenters. The number of ether oxygens (including phenoxy) is 1. The van der Waals surface area contributed by atoms with Crippen LogP contribution >= 0.6 is 11.8 Å². The van der Waals surface area contributed by atoms with Crippen molar-refractivity contribution < 1.29 is 9.13 Å². The van der Waals surface area contributed by atoms with Gasteiger partial charge in [-0.05, 0) is 24.3 Å². The zero-order valence-corrected chi connectivity index (χ0v) is 10.7. The van der Waals surface area contributed by atoms with Crippen molar-refractivity contribution in [3.05, 3.63) is 46.5 Å². The highest BCUT2D eigenvalue weighted by molar-refractivity contribution is 7.99. The van der Waals surface area contributed by atoms with Crippen molar-refractivity contribution in [1.82, 2.24) is 9.97 Å². The number of hydrogen-bond acceptors (Lipinski definition) is 5. The van der Waals surface area contributed by atoms with Gasteiger partial charge in [-0.15, -0.1) is 0 Å². The van der Waals surface area contributed by atoms with Crippen molar-refractivity contribution in [3.63, 3.8) is 0 Å². The molecule has 0 saturated heterocycles. The van der Waals surface area contributed by atoms with Gasteiger partial charge < -0.3 is 15.5 Å². The second kappa shape index (κ2) is 6.24. The van der Waals surface area contributed by atoms with Gasteiger partial charge in [-0.2, -0.15) is 0 Å². The van der Waals surface area contributed by atoms with Crippen LogP contribution in [0, 0.1) is 5.82 Å². The van der Waals surface area contributed by atoms with Gasteiger partial charge in [-0.1, -0.05) is 11.8 Å². The van der Waals surface area contributed by atoms with Crippen LogP contribution in [-0.2, 0) is 0 Å². The predicted molar refractivity (Wildman–Crippen MR) is 71.9 cm³/mol. The molecule has 0 spiro atoms. The molecule has 19 heavy (non-hydrogen) atoms. The Labute approximate surface area is 113 Å². The average Bonchev–Trinajstić information content (AvgIpc) is 2.36. The molecule has 0 aliphatic rings. The fraction of sp³-hybridized carbons (Fsp3) is 0.167. The summed E-state index contributed by atoms with van der Waals surface area (Å²) < 4.78 is 18.1. The van der Waals surface area contributed by atoms with E-state index in [1.807, 2.05) is 0 Å². The van der Waals surface area contributed by atoms with Crippen molar-refractivity contribution in [2.75, 3.05) is 18.1 Å². The second-order valence-electron chi connectivity index (χ2n) is 3.63. The number of aromatic amines is 1. The molecule has 1 aromatic heterocycles. The van der Waals surface area contributed by atoms with Gasteiger partial charge in [0.1, 0.15) is 17.4 Å². The lowest BCUT2D eigenvalue weighted by Crippen LogP contribution is -2.10. The molecule has 2 rings (SSSR count). The Hall–Kier alpha value is -2.02. The molecular weight excluding hydrogens is 269 g/mol. The van der Waals surface area contributed by atoms with E-state index in [9.17, 15) is 9.18 Å². The molecule has 5 nitrogen and oxygen atoms in total. The molecule has 100 valence electrons. The summed E-state index contributed by atoms with van der Waals surface area (Å²) in [7, 11) is 0. The highest BCUT2D eigenvalue weighted by Gasteiger charge is 2.00. The fourth-order valence-electron chi connectivity index (χ4n) is 1.35. The number of halogens is 1. The van der Waals surface area contributed by atoms with Gasteiger partial charge in [0, 0.05) is 11.8 Å². The lowest BCUT2D eigenvalue weighted by molar-refractivity contribution is 0.343. The maximum Gasteiger partial charge on any atom is 0.253 e.